The van der Waals surface area contributed by atoms with E-state index in [0.29, 0.717) is 6.04 Å². The first-order valence-corrected chi connectivity index (χ1v) is 10.6. The van der Waals surface area contributed by atoms with Crippen LogP contribution in [-0.4, -0.2) is 4.57 Å². The Morgan fingerprint density at radius 1 is 0.600 bits per heavy atom. The van der Waals surface area contributed by atoms with E-state index in [2.05, 4.69) is 127 Å². The second-order valence-electron chi connectivity index (χ2n) is 8.19. The van der Waals surface area contributed by atoms with Gasteiger partial charge in [-0.3, -0.25) is 0 Å². The molecule has 0 N–H and O–H groups in total. The van der Waals surface area contributed by atoms with Crippen LogP contribution in [0.4, 0.5) is 17.1 Å². The summed E-state index contributed by atoms with van der Waals surface area (Å²) in [6.45, 7) is 6.68. The predicted molar refractivity (Wildman–Crippen MR) is 129 cm³/mol. The van der Waals surface area contributed by atoms with Crippen LogP contribution >= 0.6 is 0 Å². The maximum Gasteiger partial charge on any atom is 0.0495 e. The minimum Gasteiger partial charge on any atom is -0.338 e. The SMILES string of the molecule is Cc1ccc2c(c1)c1cc(N(c3ccccc3)c3ccccc3)ccc1n2C(C)C. The zero-order valence-corrected chi connectivity index (χ0v) is 17.7. The molecule has 1 aromatic heterocycles. The van der Waals surface area contributed by atoms with Crippen molar-refractivity contribution in [2.24, 2.45) is 0 Å². The highest BCUT2D eigenvalue weighted by Gasteiger charge is 2.17. The molecule has 0 aliphatic heterocycles. The minimum absolute atomic E-state index is 0.401. The first-order valence-electron chi connectivity index (χ1n) is 10.6. The summed E-state index contributed by atoms with van der Waals surface area (Å²) in [7, 11) is 0. The molecule has 0 radical (unpaired) electrons. The molecule has 0 amide bonds. The molecule has 0 fully saturated rings. The van der Waals surface area contributed by atoms with Gasteiger partial charge in [-0.25, -0.2) is 0 Å². The maximum absolute atomic E-state index is 2.45. The molecule has 0 spiro atoms. The van der Waals surface area contributed by atoms with Gasteiger partial charge in [-0.15, -0.1) is 0 Å². The highest BCUT2D eigenvalue weighted by molar-refractivity contribution is 6.10. The summed E-state index contributed by atoms with van der Waals surface area (Å²) in [5, 5.41) is 2.62. The number of hydrogen-bond acceptors (Lipinski definition) is 1. The summed E-state index contributed by atoms with van der Waals surface area (Å²) in [6.07, 6.45) is 0. The van der Waals surface area contributed by atoms with Crippen LogP contribution in [0.5, 0.6) is 0 Å². The van der Waals surface area contributed by atoms with Gasteiger partial charge >= 0.3 is 0 Å². The number of rotatable bonds is 4. The van der Waals surface area contributed by atoms with Gasteiger partial charge in [0.2, 0.25) is 0 Å². The van der Waals surface area contributed by atoms with Gasteiger partial charge < -0.3 is 9.47 Å². The van der Waals surface area contributed by atoms with E-state index in [1.54, 1.807) is 0 Å². The number of hydrogen-bond donors (Lipinski definition) is 0. The van der Waals surface area contributed by atoms with Gasteiger partial charge in [0, 0.05) is 44.9 Å². The smallest absolute Gasteiger partial charge is 0.0495 e. The lowest BCUT2D eigenvalue weighted by molar-refractivity contribution is 0.642. The van der Waals surface area contributed by atoms with Crippen LogP contribution in [0.3, 0.4) is 0 Å². The van der Waals surface area contributed by atoms with Crippen molar-refractivity contribution in [1.82, 2.24) is 4.57 Å². The molecule has 0 bridgehead atoms. The molecular formula is C28H26N2. The topological polar surface area (TPSA) is 8.17 Å². The van der Waals surface area contributed by atoms with Crippen LogP contribution in [-0.2, 0) is 0 Å². The van der Waals surface area contributed by atoms with Crippen molar-refractivity contribution in [3.05, 3.63) is 103 Å². The van der Waals surface area contributed by atoms with Crippen molar-refractivity contribution in [1.29, 1.82) is 0 Å². The molecular weight excluding hydrogens is 364 g/mol. The molecule has 4 aromatic carbocycles. The molecule has 5 rings (SSSR count). The number of para-hydroxylation sites is 2. The Labute approximate surface area is 178 Å². The third-order valence-corrected chi connectivity index (χ3v) is 5.74. The van der Waals surface area contributed by atoms with Crippen LogP contribution in [0.15, 0.2) is 97.1 Å². The molecule has 0 atom stereocenters. The van der Waals surface area contributed by atoms with Crippen LogP contribution in [0, 0.1) is 6.92 Å². The number of nitrogens with zero attached hydrogens (tertiary/aromatic N) is 2. The van der Waals surface area contributed by atoms with E-state index < -0.39 is 0 Å². The predicted octanol–water partition coefficient (Wildman–Crippen LogP) is 8.15. The van der Waals surface area contributed by atoms with Crippen molar-refractivity contribution >= 4 is 38.9 Å². The average molecular weight is 391 g/mol. The van der Waals surface area contributed by atoms with Crippen molar-refractivity contribution in [2.75, 3.05) is 4.90 Å². The summed E-state index contributed by atoms with van der Waals surface area (Å²) >= 11 is 0. The molecule has 0 saturated carbocycles. The molecule has 2 heteroatoms. The van der Waals surface area contributed by atoms with Crippen LogP contribution in [0.2, 0.25) is 0 Å². The van der Waals surface area contributed by atoms with Gasteiger partial charge in [-0.1, -0.05) is 48.0 Å². The maximum atomic E-state index is 2.45. The van der Waals surface area contributed by atoms with Gasteiger partial charge in [-0.2, -0.15) is 0 Å². The number of aryl methyl sites for hydroxylation is 1. The second kappa shape index (κ2) is 7.38. The first-order chi connectivity index (χ1) is 14.6. The number of benzene rings is 4. The van der Waals surface area contributed by atoms with Gasteiger partial charge in [0.05, 0.1) is 0 Å². The Balaban J connectivity index is 1.79. The fraction of sp³-hybridized carbons (Fsp3) is 0.143. The van der Waals surface area contributed by atoms with Crippen molar-refractivity contribution in [3.63, 3.8) is 0 Å². The van der Waals surface area contributed by atoms with E-state index in [0.717, 1.165) is 11.4 Å². The largest absolute Gasteiger partial charge is 0.338 e. The standard InChI is InChI=1S/C28H26N2/c1-20(2)29-27-16-14-21(3)18-25(27)26-19-24(15-17-28(26)29)30(22-10-6-4-7-11-22)23-12-8-5-9-13-23/h4-20H,1-3H3. The zero-order valence-electron chi connectivity index (χ0n) is 17.7. The molecule has 0 aliphatic carbocycles. The normalized spacial score (nSPS) is 11.5. The fourth-order valence-electron chi connectivity index (χ4n) is 4.45. The summed E-state index contributed by atoms with van der Waals surface area (Å²) < 4.78 is 2.45. The Bertz CT molecular complexity index is 1280. The first kappa shape index (κ1) is 18.5. The Morgan fingerprint density at radius 3 is 1.70 bits per heavy atom. The molecule has 1 heterocycles. The zero-order chi connectivity index (χ0) is 20.7. The number of anilines is 3. The molecule has 0 aliphatic rings. The highest BCUT2D eigenvalue weighted by Crippen LogP contribution is 2.39. The molecule has 0 unspecified atom stereocenters. The van der Waals surface area contributed by atoms with E-state index in [1.165, 1.54) is 33.1 Å². The summed E-state index contributed by atoms with van der Waals surface area (Å²) in [4.78, 5) is 2.33. The van der Waals surface area contributed by atoms with E-state index >= 15 is 0 Å². The third kappa shape index (κ3) is 3.05. The van der Waals surface area contributed by atoms with E-state index in [9.17, 15) is 0 Å². The Morgan fingerprint density at radius 2 is 1.13 bits per heavy atom. The lowest BCUT2D eigenvalue weighted by Gasteiger charge is -2.25. The minimum atomic E-state index is 0.401. The highest BCUT2D eigenvalue weighted by atomic mass is 15.1. The van der Waals surface area contributed by atoms with Gasteiger partial charge in [0.15, 0.2) is 0 Å². The number of fused-ring (bicyclic) bond motifs is 3. The average Bonchev–Trinajstić information content (AvgIpc) is 3.09. The molecule has 148 valence electrons. The van der Waals surface area contributed by atoms with Crippen LogP contribution in [0.1, 0.15) is 25.5 Å². The third-order valence-electron chi connectivity index (χ3n) is 5.74. The summed E-state index contributed by atoms with van der Waals surface area (Å²) in [5.74, 6) is 0. The van der Waals surface area contributed by atoms with E-state index in [4.69, 9.17) is 0 Å². The fourth-order valence-corrected chi connectivity index (χ4v) is 4.45. The van der Waals surface area contributed by atoms with Crippen molar-refractivity contribution in [2.45, 2.75) is 26.8 Å². The van der Waals surface area contributed by atoms with Crippen LogP contribution < -0.4 is 4.90 Å². The van der Waals surface area contributed by atoms with Gasteiger partial charge in [0.1, 0.15) is 0 Å². The van der Waals surface area contributed by atoms with Crippen molar-refractivity contribution in [3.8, 4) is 0 Å². The lowest BCUT2D eigenvalue weighted by Crippen LogP contribution is -2.09. The molecule has 30 heavy (non-hydrogen) atoms. The molecule has 5 aromatic rings. The summed E-state index contributed by atoms with van der Waals surface area (Å²) in [6, 6.07) is 35.2. The lowest BCUT2D eigenvalue weighted by atomic mass is 10.1. The monoisotopic (exact) mass is 390 g/mol. The van der Waals surface area contributed by atoms with E-state index in [1.807, 2.05) is 0 Å². The molecule has 2 nitrogen and oxygen atoms in total. The van der Waals surface area contributed by atoms with Gasteiger partial charge in [0.25, 0.3) is 0 Å². The number of aromatic nitrogens is 1. The van der Waals surface area contributed by atoms with E-state index in [-0.39, 0.29) is 0 Å². The van der Waals surface area contributed by atoms with Crippen LogP contribution in [0.25, 0.3) is 21.8 Å². The van der Waals surface area contributed by atoms with Gasteiger partial charge in [-0.05, 0) is 75.4 Å². The Hall–Kier alpha value is -3.52. The second-order valence-corrected chi connectivity index (χ2v) is 8.19. The summed E-state index contributed by atoms with van der Waals surface area (Å²) in [5.41, 5.74) is 7.37. The Kier molecular flexibility index (Phi) is 4.55. The molecule has 0 saturated heterocycles. The van der Waals surface area contributed by atoms with Crippen molar-refractivity contribution < 1.29 is 0 Å². The quantitative estimate of drug-likeness (QED) is 0.300.